The Kier molecular flexibility index (Phi) is 6.50. The SMILES string of the molecule is CCNC(=NCCO)NC1CC2CCC1O2.I. The molecule has 2 saturated heterocycles. The minimum atomic E-state index is 0. The van der Waals surface area contributed by atoms with Gasteiger partial charge in [0.1, 0.15) is 0 Å². The molecule has 2 aliphatic rings. The number of fused-ring (bicyclic) bond motifs is 2. The van der Waals surface area contributed by atoms with Crippen LogP contribution in [0.25, 0.3) is 0 Å². The van der Waals surface area contributed by atoms with Crippen molar-refractivity contribution in [2.24, 2.45) is 4.99 Å². The Balaban J connectivity index is 0.00000144. The predicted molar refractivity (Wildman–Crippen MR) is 77.9 cm³/mol. The van der Waals surface area contributed by atoms with Crippen molar-refractivity contribution in [3.8, 4) is 0 Å². The predicted octanol–water partition coefficient (Wildman–Crippen LogP) is 0.472. The van der Waals surface area contributed by atoms with Crippen LogP contribution in [0.2, 0.25) is 0 Å². The fourth-order valence-corrected chi connectivity index (χ4v) is 2.45. The Bertz CT molecular complexity index is 263. The third kappa shape index (κ3) is 3.96. The summed E-state index contributed by atoms with van der Waals surface area (Å²) in [6.07, 6.45) is 4.23. The van der Waals surface area contributed by atoms with Crippen molar-refractivity contribution in [2.75, 3.05) is 19.7 Å². The highest BCUT2D eigenvalue weighted by Crippen LogP contribution is 2.34. The molecule has 3 N–H and O–H groups in total. The van der Waals surface area contributed by atoms with Crippen molar-refractivity contribution in [2.45, 2.75) is 44.4 Å². The highest BCUT2D eigenvalue weighted by Gasteiger charge is 2.40. The molecule has 0 aromatic carbocycles. The van der Waals surface area contributed by atoms with Crippen molar-refractivity contribution in [1.82, 2.24) is 10.6 Å². The smallest absolute Gasteiger partial charge is 0.191 e. The van der Waals surface area contributed by atoms with Crippen LogP contribution in [-0.2, 0) is 4.74 Å². The van der Waals surface area contributed by atoms with E-state index in [1.165, 1.54) is 6.42 Å². The lowest BCUT2D eigenvalue weighted by atomic mass is 9.96. The molecule has 0 aliphatic carbocycles. The summed E-state index contributed by atoms with van der Waals surface area (Å²) in [4.78, 5) is 4.27. The Morgan fingerprint density at radius 3 is 2.82 bits per heavy atom. The second-order valence-corrected chi connectivity index (χ2v) is 4.34. The van der Waals surface area contributed by atoms with Gasteiger partial charge in [0.2, 0.25) is 0 Å². The molecule has 2 fully saturated rings. The summed E-state index contributed by atoms with van der Waals surface area (Å²) >= 11 is 0. The number of guanidine groups is 1. The lowest BCUT2D eigenvalue weighted by Gasteiger charge is -2.22. The molecular weight excluding hydrogens is 333 g/mol. The number of nitrogens with one attached hydrogen (secondary N) is 2. The summed E-state index contributed by atoms with van der Waals surface area (Å²) in [6, 6.07) is 0.384. The third-order valence-electron chi connectivity index (χ3n) is 3.14. The topological polar surface area (TPSA) is 65.9 Å². The number of halogens is 1. The molecule has 100 valence electrons. The standard InChI is InChI=1S/C11H21N3O2.HI/c1-2-12-11(13-5-6-15)14-9-7-8-3-4-10(9)16-8;/h8-10,15H,2-7H2,1H3,(H2,12,13,14);1H. The zero-order valence-corrected chi connectivity index (χ0v) is 12.5. The largest absolute Gasteiger partial charge is 0.394 e. The molecule has 3 unspecified atom stereocenters. The van der Waals surface area contributed by atoms with Gasteiger partial charge in [-0.25, -0.2) is 0 Å². The second kappa shape index (κ2) is 7.38. The Morgan fingerprint density at radius 1 is 1.47 bits per heavy atom. The number of hydrogen-bond acceptors (Lipinski definition) is 3. The van der Waals surface area contributed by atoms with Gasteiger partial charge in [-0.3, -0.25) is 4.99 Å². The number of aliphatic hydroxyl groups is 1. The zero-order chi connectivity index (χ0) is 11.4. The van der Waals surface area contributed by atoms with E-state index in [0.29, 0.717) is 24.8 Å². The van der Waals surface area contributed by atoms with E-state index in [2.05, 4.69) is 15.6 Å². The number of rotatable bonds is 4. The quantitative estimate of drug-likeness (QED) is 0.390. The van der Waals surface area contributed by atoms with Crippen molar-refractivity contribution in [3.05, 3.63) is 0 Å². The summed E-state index contributed by atoms with van der Waals surface area (Å²) in [5.41, 5.74) is 0. The molecule has 2 bridgehead atoms. The van der Waals surface area contributed by atoms with Crippen LogP contribution in [0.15, 0.2) is 4.99 Å². The highest BCUT2D eigenvalue weighted by molar-refractivity contribution is 14.0. The molecule has 0 radical (unpaired) electrons. The lowest BCUT2D eigenvalue weighted by molar-refractivity contribution is 0.0992. The summed E-state index contributed by atoms with van der Waals surface area (Å²) in [7, 11) is 0. The summed E-state index contributed by atoms with van der Waals surface area (Å²) in [6.45, 7) is 3.40. The molecule has 0 aromatic heterocycles. The second-order valence-electron chi connectivity index (χ2n) is 4.34. The average molecular weight is 355 g/mol. The van der Waals surface area contributed by atoms with E-state index in [-0.39, 0.29) is 30.6 Å². The van der Waals surface area contributed by atoms with Gasteiger partial charge in [0.05, 0.1) is 31.4 Å². The zero-order valence-electron chi connectivity index (χ0n) is 10.2. The Labute approximate surface area is 119 Å². The van der Waals surface area contributed by atoms with Crippen LogP contribution in [0.3, 0.4) is 0 Å². The molecule has 2 aliphatic heterocycles. The van der Waals surface area contributed by atoms with Gasteiger partial charge < -0.3 is 20.5 Å². The summed E-state index contributed by atoms with van der Waals surface area (Å²) < 4.78 is 5.77. The van der Waals surface area contributed by atoms with Crippen LogP contribution in [0.4, 0.5) is 0 Å². The van der Waals surface area contributed by atoms with Crippen LogP contribution in [0, 0.1) is 0 Å². The van der Waals surface area contributed by atoms with Gasteiger partial charge >= 0.3 is 0 Å². The third-order valence-corrected chi connectivity index (χ3v) is 3.14. The van der Waals surface area contributed by atoms with Crippen LogP contribution < -0.4 is 10.6 Å². The number of aliphatic imine (C=N–C) groups is 1. The van der Waals surface area contributed by atoms with Crippen LogP contribution in [-0.4, -0.2) is 49.0 Å². The van der Waals surface area contributed by atoms with E-state index in [9.17, 15) is 0 Å². The number of hydrogen-bond donors (Lipinski definition) is 3. The van der Waals surface area contributed by atoms with Gasteiger partial charge in [-0.05, 0) is 26.2 Å². The highest BCUT2D eigenvalue weighted by atomic mass is 127. The first-order valence-electron chi connectivity index (χ1n) is 6.14. The molecule has 0 aromatic rings. The fourth-order valence-electron chi connectivity index (χ4n) is 2.45. The number of nitrogens with zero attached hydrogens (tertiary/aromatic N) is 1. The van der Waals surface area contributed by atoms with Gasteiger partial charge in [-0.1, -0.05) is 0 Å². The molecule has 5 nitrogen and oxygen atoms in total. The maximum atomic E-state index is 8.76. The van der Waals surface area contributed by atoms with Gasteiger partial charge in [-0.2, -0.15) is 0 Å². The monoisotopic (exact) mass is 355 g/mol. The first-order chi connectivity index (χ1) is 7.83. The van der Waals surface area contributed by atoms with Crippen molar-refractivity contribution < 1.29 is 9.84 Å². The molecule has 3 atom stereocenters. The number of ether oxygens (including phenoxy) is 1. The molecular formula is C11H22IN3O2. The molecule has 0 spiro atoms. The van der Waals surface area contributed by atoms with Gasteiger partial charge in [0.25, 0.3) is 0 Å². The van der Waals surface area contributed by atoms with E-state index in [4.69, 9.17) is 9.84 Å². The molecule has 0 amide bonds. The van der Waals surface area contributed by atoms with E-state index < -0.39 is 0 Å². The minimum Gasteiger partial charge on any atom is -0.394 e. The molecule has 0 saturated carbocycles. The Morgan fingerprint density at radius 2 is 2.29 bits per heavy atom. The molecule has 2 heterocycles. The molecule has 2 rings (SSSR count). The Hall–Kier alpha value is -0.0800. The summed E-state index contributed by atoms with van der Waals surface area (Å²) in [5.74, 6) is 0.790. The fraction of sp³-hybridized carbons (Fsp3) is 0.909. The maximum absolute atomic E-state index is 8.76. The van der Waals surface area contributed by atoms with Crippen LogP contribution in [0.5, 0.6) is 0 Å². The van der Waals surface area contributed by atoms with E-state index in [0.717, 1.165) is 25.3 Å². The maximum Gasteiger partial charge on any atom is 0.191 e. The molecule has 6 heteroatoms. The van der Waals surface area contributed by atoms with Gasteiger partial charge in [0.15, 0.2) is 5.96 Å². The van der Waals surface area contributed by atoms with Crippen LogP contribution >= 0.6 is 24.0 Å². The number of aliphatic hydroxyl groups excluding tert-OH is 1. The van der Waals surface area contributed by atoms with Crippen molar-refractivity contribution >= 4 is 29.9 Å². The van der Waals surface area contributed by atoms with Crippen molar-refractivity contribution in [1.29, 1.82) is 0 Å². The van der Waals surface area contributed by atoms with Gasteiger partial charge in [0, 0.05) is 6.54 Å². The van der Waals surface area contributed by atoms with Crippen molar-refractivity contribution in [3.63, 3.8) is 0 Å². The first-order valence-corrected chi connectivity index (χ1v) is 6.14. The summed E-state index contributed by atoms with van der Waals surface area (Å²) in [5, 5.41) is 15.3. The normalized spacial score (nSPS) is 31.2. The van der Waals surface area contributed by atoms with E-state index in [1.807, 2.05) is 6.92 Å². The van der Waals surface area contributed by atoms with Crippen LogP contribution in [0.1, 0.15) is 26.2 Å². The minimum absolute atomic E-state index is 0. The van der Waals surface area contributed by atoms with E-state index in [1.54, 1.807) is 0 Å². The first kappa shape index (κ1) is 15.0. The average Bonchev–Trinajstić information content (AvgIpc) is 2.88. The van der Waals surface area contributed by atoms with Gasteiger partial charge in [-0.15, -0.1) is 24.0 Å². The molecule has 17 heavy (non-hydrogen) atoms. The van der Waals surface area contributed by atoms with E-state index >= 15 is 0 Å². The lowest BCUT2D eigenvalue weighted by Crippen LogP contribution is -2.47.